The molecule has 3 aromatic rings. The van der Waals surface area contributed by atoms with Crippen LogP contribution in [0.2, 0.25) is 0 Å². The number of nitrogens with zero attached hydrogens (tertiary/aromatic N) is 4. The van der Waals surface area contributed by atoms with Crippen molar-refractivity contribution in [3.8, 4) is 34.5 Å². The third-order valence-corrected chi connectivity index (χ3v) is 3.50. The van der Waals surface area contributed by atoms with Gasteiger partial charge in [-0.1, -0.05) is 6.07 Å². The zero-order valence-electron chi connectivity index (χ0n) is 13.0. The average molecular weight is 339 g/mol. The number of aromatic nitrogens is 3. The van der Waals surface area contributed by atoms with Crippen molar-refractivity contribution in [2.75, 3.05) is 12.8 Å². The molecule has 0 saturated heterocycles. The van der Waals surface area contributed by atoms with Crippen molar-refractivity contribution >= 4 is 5.82 Å². The van der Waals surface area contributed by atoms with Gasteiger partial charge in [-0.15, -0.1) is 0 Å². The van der Waals surface area contributed by atoms with E-state index in [0.717, 1.165) is 12.1 Å². The molecule has 0 aliphatic carbocycles. The number of hydrogen-bond acceptors (Lipinski definition) is 6. The van der Waals surface area contributed by atoms with E-state index in [2.05, 4.69) is 15.0 Å². The fraction of sp³-hybridized carbons (Fsp3) is 0.0588. The fourth-order valence-electron chi connectivity index (χ4n) is 2.34. The lowest BCUT2D eigenvalue weighted by molar-refractivity contribution is 0.380. The summed E-state index contributed by atoms with van der Waals surface area (Å²) in [6.45, 7) is 0. The Labute approximate surface area is 141 Å². The molecule has 124 valence electrons. The van der Waals surface area contributed by atoms with Crippen molar-refractivity contribution in [3.05, 3.63) is 53.9 Å². The molecule has 2 N–H and O–H groups in total. The van der Waals surface area contributed by atoms with Gasteiger partial charge >= 0.3 is 6.01 Å². The first-order valence-electron chi connectivity index (χ1n) is 7.06. The Morgan fingerprint density at radius 1 is 1.16 bits per heavy atom. The van der Waals surface area contributed by atoms with E-state index in [1.807, 2.05) is 6.07 Å². The number of rotatable bonds is 3. The van der Waals surface area contributed by atoms with Gasteiger partial charge in [0.2, 0.25) is 0 Å². The molecule has 0 aliphatic rings. The highest BCUT2D eigenvalue weighted by atomic mass is 19.1. The normalized spacial score (nSPS) is 10.3. The summed E-state index contributed by atoms with van der Waals surface area (Å²) in [6, 6.07) is 6.94. The van der Waals surface area contributed by atoms with Crippen LogP contribution in [0.25, 0.3) is 22.4 Å². The molecule has 0 atom stereocenters. The summed E-state index contributed by atoms with van der Waals surface area (Å²) in [4.78, 5) is 11.9. The standard InChI is InChI=1S/C17H11F2N5O/c1-25-17-22-7-9(8-23-17)10-5-14(24-16(21)11(10)6-20)15-12(18)3-2-4-13(15)19/h2-5,7-8H,1H3,(H2,21,24). The van der Waals surface area contributed by atoms with Gasteiger partial charge < -0.3 is 10.5 Å². The summed E-state index contributed by atoms with van der Waals surface area (Å²) < 4.78 is 33.0. The van der Waals surface area contributed by atoms with Gasteiger partial charge in [0.1, 0.15) is 29.1 Å². The number of hydrogen-bond donors (Lipinski definition) is 1. The molecule has 2 aromatic heterocycles. The summed E-state index contributed by atoms with van der Waals surface area (Å²) >= 11 is 0. The quantitative estimate of drug-likeness (QED) is 0.788. The molecule has 0 fully saturated rings. The molecule has 3 rings (SSSR count). The number of benzene rings is 1. The second kappa shape index (κ2) is 6.49. The van der Waals surface area contributed by atoms with E-state index in [-0.39, 0.29) is 28.6 Å². The van der Waals surface area contributed by atoms with Crippen LogP contribution in [0.15, 0.2) is 36.7 Å². The summed E-state index contributed by atoms with van der Waals surface area (Å²) in [5.74, 6) is -1.71. The molecule has 0 radical (unpaired) electrons. The lowest BCUT2D eigenvalue weighted by Gasteiger charge is -2.11. The molecule has 0 spiro atoms. The lowest BCUT2D eigenvalue weighted by atomic mass is 10.00. The van der Waals surface area contributed by atoms with Gasteiger partial charge in [-0.3, -0.25) is 0 Å². The minimum atomic E-state index is -0.784. The van der Waals surface area contributed by atoms with E-state index >= 15 is 0 Å². The zero-order chi connectivity index (χ0) is 18.0. The van der Waals surface area contributed by atoms with Gasteiger partial charge in [-0.2, -0.15) is 5.26 Å². The van der Waals surface area contributed by atoms with Crippen molar-refractivity contribution in [2.45, 2.75) is 0 Å². The Bertz CT molecular complexity index is 963. The van der Waals surface area contributed by atoms with Gasteiger partial charge in [-0.05, 0) is 18.2 Å². The molecular weight excluding hydrogens is 328 g/mol. The molecule has 0 aliphatic heterocycles. The Balaban J connectivity index is 2.24. The number of methoxy groups -OCH3 is 1. The highest BCUT2D eigenvalue weighted by molar-refractivity contribution is 5.79. The largest absolute Gasteiger partial charge is 0.467 e. The first-order chi connectivity index (χ1) is 12.0. The molecule has 8 heteroatoms. The van der Waals surface area contributed by atoms with Crippen molar-refractivity contribution in [2.24, 2.45) is 0 Å². The number of pyridine rings is 1. The van der Waals surface area contributed by atoms with E-state index < -0.39 is 11.6 Å². The first-order valence-corrected chi connectivity index (χ1v) is 7.06. The van der Waals surface area contributed by atoms with Crippen LogP contribution in [0, 0.1) is 23.0 Å². The van der Waals surface area contributed by atoms with Crippen LogP contribution in [0.4, 0.5) is 14.6 Å². The third kappa shape index (κ3) is 2.95. The number of nitrogen functional groups attached to an aromatic ring is 1. The van der Waals surface area contributed by atoms with Crippen LogP contribution >= 0.6 is 0 Å². The smallest absolute Gasteiger partial charge is 0.316 e. The number of anilines is 1. The molecule has 6 nitrogen and oxygen atoms in total. The van der Waals surface area contributed by atoms with Crippen molar-refractivity contribution in [3.63, 3.8) is 0 Å². The van der Waals surface area contributed by atoms with Crippen LogP contribution < -0.4 is 10.5 Å². The minimum Gasteiger partial charge on any atom is -0.467 e. The molecule has 0 saturated carbocycles. The maximum Gasteiger partial charge on any atom is 0.316 e. The van der Waals surface area contributed by atoms with E-state index in [1.54, 1.807) is 0 Å². The highest BCUT2D eigenvalue weighted by Crippen LogP contribution is 2.32. The van der Waals surface area contributed by atoms with Gasteiger partial charge in [-0.25, -0.2) is 23.7 Å². The second-order valence-electron chi connectivity index (χ2n) is 4.98. The predicted molar refractivity (Wildman–Crippen MR) is 86.3 cm³/mol. The van der Waals surface area contributed by atoms with Crippen LogP contribution in [0.3, 0.4) is 0 Å². The molecule has 1 aromatic carbocycles. The summed E-state index contributed by atoms with van der Waals surface area (Å²) in [6.07, 6.45) is 2.84. The second-order valence-corrected chi connectivity index (χ2v) is 4.98. The Morgan fingerprint density at radius 3 is 2.36 bits per heavy atom. The van der Waals surface area contributed by atoms with Crippen molar-refractivity contribution in [1.29, 1.82) is 5.26 Å². The summed E-state index contributed by atoms with van der Waals surface area (Å²) in [5, 5.41) is 9.35. The number of nitrogens with two attached hydrogens (primary N) is 1. The maximum absolute atomic E-state index is 14.1. The summed E-state index contributed by atoms with van der Waals surface area (Å²) in [7, 11) is 1.42. The van der Waals surface area contributed by atoms with Crippen LogP contribution in [-0.2, 0) is 0 Å². The highest BCUT2D eigenvalue weighted by Gasteiger charge is 2.18. The molecular formula is C17H11F2N5O. The maximum atomic E-state index is 14.1. The molecule has 25 heavy (non-hydrogen) atoms. The molecule has 0 amide bonds. The van der Waals surface area contributed by atoms with Gasteiger partial charge in [0.25, 0.3) is 0 Å². The SMILES string of the molecule is COc1ncc(-c2cc(-c3c(F)cccc3F)nc(N)c2C#N)cn1. The molecule has 0 bridgehead atoms. The van der Waals surface area contributed by atoms with E-state index in [9.17, 15) is 14.0 Å². The number of nitriles is 1. The summed E-state index contributed by atoms with van der Waals surface area (Å²) in [5.41, 5.74) is 6.28. The minimum absolute atomic E-state index is 0.0297. The van der Waals surface area contributed by atoms with E-state index in [0.29, 0.717) is 11.1 Å². The average Bonchev–Trinajstić information content (AvgIpc) is 2.61. The van der Waals surface area contributed by atoms with Gasteiger partial charge in [0.15, 0.2) is 0 Å². The third-order valence-electron chi connectivity index (χ3n) is 3.50. The van der Waals surface area contributed by atoms with Crippen LogP contribution in [0.1, 0.15) is 5.56 Å². The molecule has 2 heterocycles. The van der Waals surface area contributed by atoms with Crippen molar-refractivity contribution in [1.82, 2.24) is 15.0 Å². The molecule has 0 unspecified atom stereocenters. The zero-order valence-corrected chi connectivity index (χ0v) is 13.0. The van der Waals surface area contributed by atoms with Crippen LogP contribution in [-0.4, -0.2) is 22.1 Å². The van der Waals surface area contributed by atoms with Crippen LogP contribution in [0.5, 0.6) is 6.01 Å². The van der Waals surface area contributed by atoms with E-state index in [4.69, 9.17) is 10.5 Å². The number of ether oxygens (including phenoxy) is 1. The van der Waals surface area contributed by atoms with Gasteiger partial charge in [0.05, 0.1) is 18.4 Å². The Kier molecular flexibility index (Phi) is 4.22. The number of halogens is 2. The Hall–Kier alpha value is -3.60. The van der Waals surface area contributed by atoms with Crippen molar-refractivity contribution < 1.29 is 13.5 Å². The topological polar surface area (TPSA) is 97.7 Å². The van der Waals surface area contributed by atoms with Gasteiger partial charge in [0, 0.05) is 23.5 Å². The van der Waals surface area contributed by atoms with E-state index in [1.165, 1.54) is 31.6 Å². The Morgan fingerprint density at radius 2 is 1.80 bits per heavy atom. The predicted octanol–water partition coefficient (Wildman–Crippen LogP) is 2.95. The first kappa shape index (κ1) is 16.3. The fourth-order valence-corrected chi connectivity index (χ4v) is 2.34. The monoisotopic (exact) mass is 339 g/mol. The lowest BCUT2D eigenvalue weighted by Crippen LogP contribution is -2.02.